The highest BCUT2D eigenvalue weighted by Crippen LogP contribution is 2.28. The van der Waals surface area contributed by atoms with E-state index >= 15 is 0 Å². The maximum Gasteiger partial charge on any atom is 0.317 e. The molecule has 6 heteroatoms. The molecule has 3 nitrogen and oxygen atoms in total. The number of rotatable bonds is 2. The summed E-state index contributed by atoms with van der Waals surface area (Å²) in [6, 6.07) is 3.52. The molecule has 100 valence electrons. The van der Waals surface area contributed by atoms with Crippen molar-refractivity contribution in [1.82, 2.24) is 10.2 Å². The molecule has 1 atom stereocenters. The number of nitrogens with zero attached hydrogens (tertiary/aromatic N) is 1. The molecule has 0 aromatic carbocycles. The predicted octanol–water partition coefficient (Wildman–Crippen LogP) is 3.25. The Morgan fingerprint density at radius 1 is 1.50 bits per heavy atom. The topological polar surface area (TPSA) is 32.3 Å². The van der Waals surface area contributed by atoms with Crippen molar-refractivity contribution >= 4 is 17.4 Å². The third-order valence-corrected chi connectivity index (χ3v) is 4.15. The Bertz CT molecular complexity index is 398. The SMILES string of the molecule is C[C@H](NC(=O)N1CCC(F)(F)CC1)c1cccs1. The van der Waals surface area contributed by atoms with E-state index in [4.69, 9.17) is 0 Å². The van der Waals surface area contributed by atoms with Crippen molar-refractivity contribution in [2.45, 2.75) is 31.7 Å². The number of halogens is 2. The van der Waals surface area contributed by atoms with Crippen molar-refractivity contribution in [2.75, 3.05) is 13.1 Å². The average Bonchev–Trinajstić information content (AvgIpc) is 2.82. The zero-order chi connectivity index (χ0) is 13.2. The lowest BCUT2D eigenvalue weighted by molar-refractivity contribution is -0.0470. The first kappa shape index (κ1) is 13.3. The number of urea groups is 1. The molecule has 1 aromatic rings. The molecule has 0 unspecified atom stereocenters. The quantitative estimate of drug-likeness (QED) is 0.882. The van der Waals surface area contributed by atoms with Crippen LogP contribution in [0.3, 0.4) is 0 Å². The second-order valence-electron chi connectivity index (χ2n) is 4.53. The van der Waals surface area contributed by atoms with Crippen molar-refractivity contribution in [1.29, 1.82) is 0 Å². The molecule has 1 aromatic heterocycles. The van der Waals surface area contributed by atoms with E-state index in [-0.39, 0.29) is 38.0 Å². The molecule has 1 aliphatic heterocycles. The number of hydrogen-bond donors (Lipinski definition) is 1. The highest BCUT2D eigenvalue weighted by molar-refractivity contribution is 7.10. The first-order chi connectivity index (χ1) is 8.48. The van der Waals surface area contributed by atoms with Gasteiger partial charge in [0.1, 0.15) is 0 Å². The van der Waals surface area contributed by atoms with Crippen LogP contribution in [-0.4, -0.2) is 29.9 Å². The van der Waals surface area contributed by atoms with Gasteiger partial charge < -0.3 is 10.2 Å². The Morgan fingerprint density at radius 3 is 2.72 bits per heavy atom. The summed E-state index contributed by atoms with van der Waals surface area (Å²) >= 11 is 1.57. The van der Waals surface area contributed by atoms with Gasteiger partial charge in [-0.3, -0.25) is 0 Å². The van der Waals surface area contributed by atoms with Gasteiger partial charge in [0.05, 0.1) is 6.04 Å². The van der Waals surface area contributed by atoms with Crippen LogP contribution in [0.15, 0.2) is 17.5 Å². The lowest BCUT2D eigenvalue weighted by Crippen LogP contribution is -2.47. The smallest absolute Gasteiger partial charge is 0.317 e. The van der Waals surface area contributed by atoms with Crippen molar-refractivity contribution in [3.8, 4) is 0 Å². The summed E-state index contributed by atoms with van der Waals surface area (Å²) in [6.07, 6.45) is -0.485. The lowest BCUT2D eigenvalue weighted by Gasteiger charge is -2.32. The fraction of sp³-hybridized carbons (Fsp3) is 0.583. The van der Waals surface area contributed by atoms with Crippen LogP contribution in [0.4, 0.5) is 13.6 Å². The Balaban J connectivity index is 1.86. The van der Waals surface area contributed by atoms with Gasteiger partial charge in [0.2, 0.25) is 0 Å². The summed E-state index contributed by atoms with van der Waals surface area (Å²) in [4.78, 5) is 14.4. The highest BCUT2D eigenvalue weighted by atomic mass is 32.1. The Kier molecular flexibility index (Phi) is 3.85. The molecule has 0 aliphatic carbocycles. The van der Waals surface area contributed by atoms with Crippen molar-refractivity contribution in [3.05, 3.63) is 22.4 Å². The van der Waals surface area contributed by atoms with Crippen LogP contribution in [0.1, 0.15) is 30.7 Å². The number of carbonyl (C=O) groups is 1. The summed E-state index contributed by atoms with van der Waals surface area (Å²) in [5.41, 5.74) is 0. The molecule has 0 bridgehead atoms. The number of likely N-dealkylation sites (tertiary alicyclic amines) is 1. The van der Waals surface area contributed by atoms with E-state index in [0.29, 0.717) is 0 Å². The number of piperidine rings is 1. The van der Waals surface area contributed by atoms with E-state index < -0.39 is 5.92 Å². The lowest BCUT2D eigenvalue weighted by atomic mass is 10.1. The van der Waals surface area contributed by atoms with E-state index in [2.05, 4.69) is 5.32 Å². The number of amides is 2. The number of alkyl halides is 2. The van der Waals surface area contributed by atoms with Gasteiger partial charge in [-0.15, -0.1) is 11.3 Å². The summed E-state index contributed by atoms with van der Waals surface area (Å²) in [7, 11) is 0. The second-order valence-corrected chi connectivity index (χ2v) is 5.51. The van der Waals surface area contributed by atoms with E-state index in [1.165, 1.54) is 4.90 Å². The van der Waals surface area contributed by atoms with Crippen LogP contribution in [0.2, 0.25) is 0 Å². The highest BCUT2D eigenvalue weighted by Gasteiger charge is 2.35. The van der Waals surface area contributed by atoms with Crippen LogP contribution < -0.4 is 5.32 Å². The minimum absolute atomic E-state index is 0.0834. The molecule has 1 aliphatic rings. The van der Waals surface area contributed by atoms with Crippen LogP contribution in [-0.2, 0) is 0 Å². The number of hydrogen-bond acceptors (Lipinski definition) is 2. The average molecular weight is 274 g/mol. The first-order valence-electron chi connectivity index (χ1n) is 5.95. The van der Waals surface area contributed by atoms with Gasteiger partial charge in [-0.25, -0.2) is 13.6 Å². The summed E-state index contributed by atoms with van der Waals surface area (Å²) in [5, 5.41) is 4.78. The van der Waals surface area contributed by atoms with E-state index in [9.17, 15) is 13.6 Å². The van der Waals surface area contributed by atoms with E-state index in [1.54, 1.807) is 11.3 Å². The maximum atomic E-state index is 13.0. The van der Waals surface area contributed by atoms with Gasteiger partial charge in [0.25, 0.3) is 5.92 Å². The molecule has 2 rings (SSSR count). The molecular formula is C12H16F2N2OS. The zero-order valence-corrected chi connectivity index (χ0v) is 11.0. The molecule has 18 heavy (non-hydrogen) atoms. The summed E-state index contributed by atoms with van der Waals surface area (Å²) < 4.78 is 25.9. The fourth-order valence-corrected chi connectivity index (χ4v) is 2.66. The minimum atomic E-state index is -2.61. The second kappa shape index (κ2) is 5.22. The molecule has 2 amide bonds. The Labute approximate surface area is 109 Å². The molecular weight excluding hydrogens is 258 g/mol. The number of carbonyl (C=O) groups excluding carboxylic acids is 1. The third kappa shape index (κ3) is 3.19. The zero-order valence-electron chi connectivity index (χ0n) is 10.2. The monoisotopic (exact) mass is 274 g/mol. The van der Waals surface area contributed by atoms with Gasteiger partial charge in [0.15, 0.2) is 0 Å². The number of thiophene rings is 1. The largest absolute Gasteiger partial charge is 0.331 e. The third-order valence-electron chi connectivity index (χ3n) is 3.09. The van der Waals surface area contributed by atoms with Crippen LogP contribution in [0.5, 0.6) is 0 Å². The minimum Gasteiger partial charge on any atom is -0.331 e. The van der Waals surface area contributed by atoms with Gasteiger partial charge in [-0.05, 0) is 18.4 Å². The van der Waals surface area contributed by atoms with Crippen molar-refractivity contribution in [3.63, 3.8) is 0 Å². The maximum absolute atomic E-state index is 13.0. The van der Waals surface area contributed by atoms with Crippen LogP contribution in [0, 0.1) is 0 Å². The van der Waals surface area contributed by atoms with E-state index in [0.717, 1.165) is 4.88 Å². The van der Waals surface area contributed by atoms with E-state index in [1.807, 2.05) is 24.4 Å². The van der Waals surface area contributed by atoms with Crippen LogP contribution >= 0.6 is 11.3 Å². The van der Waals surface area contributed by atoms with Crippen LogP contribution in [0.25, 0.3) is 0 Å². The van der Waals surface area contributed by atoms with Crippen molar-refractivity contribution in [2.24, 2.45) is 0 Å². The number of nitrogens with one attached hydrogen (secondary N) is 1. The van der Waals surface area contributed by atoms with Crippen molar-refractivity contribution < 1.29 is 13.6 Å². The standard InChI is InChI=1S/C12H16F2N2OS/c1-9(10-3-2-8-18-10)15-11(17)16-6-4-12(13,14)5-7-16/h2-3,8-9H,4-7H2,1H3,(H,15,17)/t9-/m0/s1. The normalized spacial score (nSPS) is 20.5. The molecule has 0 spiro atoms. The van der Waals surface area contributed by atoms with Gasteiger partial charge in [-0.2, -0.15) is 0 Å². The molecule has 2 heterocycles. The Hall–Kier alpha value is -1.17. The fourth-order valence-electron chi connectivity index (χ4n) is 1.92. The summed E-state index contributed by atoms with van der Waals surface area (Å²) in [5.74, 6) is -2.61. The molecule has 0 saturated carbocycles. The van der Waals surface area contributed by atoms with Gasteiger partial charge in [-0.1, -0.05) is 6.07 Å². The summed E-state index contributed by atoms with van der Waals surface area (Å²) in [6.45, 7) is 2.13. The Morgan fingerprint density at radius 2 is 2.17 bits per heavy atom. The molecule has 1 N–H and O–H groups in total. The molecule has 1 saturated heterocycles. The van der Waals surface area contributed by atoms with Gasteiger partial charge >= 0.3 is 6.03 Å². The molecule has 1 fully saturated rings. The van der Waals surface area contributed by atoms with Gasteiger partial charge in [0, 0.05) is 30.8 Å². The first-order valence-corrected chi connectivity index (χ1v) is 6.82. The molecule has 0 radical (unpaired) electrons. The predicted molar refractivity (Wildman–Crippen MR) is 67.0 cm³/mol.